The van der Waals surface area contributed by atoms with Gasteiger partial charge in [0.2, 0.25) is 0 Å². The van der Waals surface area contributed by atoms with Crippen LogP contribution in [0, 0.1) is 23.7 Å². The lowest BCUT2D eigenvalue weighted by molar-refractivity contribution is -0.0877. The summed E-state index contributed by atoms with van der Waals surface area (Å²) in [5.41, 5.74) is 0. The van der Waals surface area contributed by atoms with Crippen LogP contribution in [0.4, 0.5) is 0 Å². The second-order valence-corrected chi connectivity index (χ2v) is 7.47. The molecule has 0 aromatic heterocycles. The van der Waals surface area contributed by atoms with Crippen molar-refractivity contribution in [3.8, 4) is 0 Å². The summed E-state index contributed by atoms with van der Waals surface area (Å²) in [6.07, 6.45) is 18.4. The van der Waals surface area contributed by atoms with Crippen LogP contribution in [-0.2, 0) is 4.74 Å². The van der Waals surface area contributed by atoms with Crippen LogP contribution in [0.25, 0.3) is 0 Å². The van der Waals surface area contributed by atoms with Crippen molar-refractivity contribution in [3.05, 3.63) is 12.7 Å². The van der Waals surface area contributed by atoms with Crippen molar-refractivity contribution in [1.29, 1.82) is 0 Å². The van der Waals surface area contributed by atoms with Gasteiger partial charge in [0.05, 0.1) is 12.7 Å². The van der Waals surface area contributed by atoms with E-state index in [4.69, 9.17) is 4.74 Å². The molecular weight excluding hydrogens is 244 g/mol. The van der Waals surface area contributed by atoms with Gasteiger partial charge in [0.15, 0.2) is 0 Å². The van der Waals surface area contributed by atoms with Crippen LogP contribution in [0.2, 0.25) is 0 Å². The van der Waals surface area contributed by atoms with E-state index in [1.165, 1.54) is 70.6 Å². The zero-order valence-electron chi connectivity index (χ0n) is 13.1. The highest BCUT2D eigenvalue weighted by molar-refractivity contribution is 4.94. The first-order chi connectivity index (χ1) is 9.88. The second kappa shape index (κ2) is 7.11. The van der Waals surface area contributed by atoms with Gasteiger partial charge in [0.25, 0.3) is 0 Å². The van der Waals surface area contributed by atoms with E-state index < -0.39 is 0 Å². The van der Waals surface area contributed by atoms with Crippen LogP contribution < -0.4 is 0 Å². The van der Waals surface area contributed by atoms with Crippen molar-refractivity contribution < 1.29 is 4.74 Å². The quantitative estimate of drug-likeness (QED) is 0.631. The van der Waals surface area contributed by atoms with E-state index in [9.17, 15) is 0 Å². The van der Waals surface area contributed by atoms with Gasteiger partial charge in [-0.05, 0) is 42.9 Å². The van der Waals surface area contributed by atoms with Gasteiger partial charge in [-0.25, -0.2) is 0 Å². The molecule has 3 atom stereocenters. The number of hydrogen-bond donors (Lipinski definition) is 0. The number of rotatable bonds is 3. The largest absolute Gasteiger partial charge is 0.378 e. The fraction of sp³-hybridized carbons (Fsp3) is 0.895. The van der Waals surface area contributed by atoms with E-state index in [0.717, 1.165) is 30.3 Å². The van der Waals surface area contributed by atoms with Crippen LogP contribution in [0.5, 0.6) is 0 Å². The maximum Gasteiger partial charge on any atom is 0.0609 e. The summed E-state index contributed by atoms with van der Waals surface area (Å²) in [4.78, 5) is 0. The maximum absolute atomic E-state index is 6.37. The Kier molecular flexibility index (Phi) is 5.20. The minimum absolute atomic E-state index is 0.540. The van der Waals surface area contributed by atoms with Crippen molar-refractivity contribution in [2.45, 2.75) is 76.7 Å². The van der Waals surface area contributed by atoms with E-state index in [2.05, 4.69) is 12.7 Å². The Balaban J connectivity index is 1.58. The maximum atomic E-state index is 6.37. The zero-order chi connectivity index (χ0) is 13.8. The third kappa shape index (κ3) is 3.30. The topological polar surface area (TPSA) is 9.23 Å². The molecule has 1 heterocycles. The van der Waals surface area contributed by atoms with E-state index >= 15 is 0 Å². The van der Waals surface area contributed by atoms with Gasteiger partial charge in [-0.1, -0.05) is 57.4 Å². The molecule has 20 heavy (non-hydrogen) atoms. The molecule has 1 heteroatoms. The Bertz CT molecular complexity index is 299. The number of ether oxygens (including phenoxy) is 1. The lowest BCUT2D eigenvalue weighted by Gasteiger charge is -2.43. The molecule has 1 aliphatic heterocycles. The normalized spacial score (nSPS) is 37.7. The van der Waals surface area contributed by atoms with Crippen LogP contribution in [-0.4, -0.2) is 12.7 Å². The summed E-state index contributed by atoms with van der Waals surface area (Å²) in [6, 6.07) is 0. The summed E-state index contributed by atoms with van der Waals surface area (Å²) < 4.78 is 6.37. The Morgan fingerprint density at radius 2 is 1.40 bits per heavy atom. The molecule has 1 nitrogen and oxygen atoms in total. The third-order valence-corrected chi connectivity index (χ3v) is 6.29. The molecule has 0 radical (unpaired) electrons. The lowest BCUT2D eigenvalue weighted by atomic mass is 9.70. The minimum Gasteiger partial charge on any atom is -0.378 e. The molecule has 3 aliphatic rings. The molecule has 3 unspecified atom stereocenters. The molecule has 3 rings (SSSR count). The van der Waals surface area contributed by atoms with Crippen molar-refractivity contribution in [2.75, 3.05) is 6.61 Å². The summed E-state index contributed by atoms with van der Waals surface area (Å²) in [6.45, 7) is 5.17. The van der Waals surface area contributed by atoms with Crippen molar-refractivity contribution in [2.24, 2.45) is 23.7 Å². The summed E-state index contributed by atoms with van der Waals surface area (Å²) in [5.74, 6) is 3.25. The van der Waals surface area contributed by atoms with Gasteiger partial charge in [-0.2, -0.15) is 0 Å². The molecule has 114 valence electrons. The molecule has 2 saturated carbocycles. The molecule has 1 saturated heterocycles. The van der Waals surface area contributed by atoms with Crippen molar-refractivity contribution in [3.63, 3.8) is 0 Å². The molecule has 0 aromatic rings. The average molecular weight is 276 g/mol. The fourth-order valence-corrected chi connectivity index (χ4v) is 5.02. The molecule has 0 bridgehead atoms. The Hall–Kier alpha value is -0.300. The predicted molar refractivity (Wildman–Crippen MR) is 84.7 cm³/mol. The molecule has 2 aliphatic carbocycles. The fourth-order valence-electron chi connectivity index (χ4n) is 5.02. The molecule has 0 amide bonds. The van der Waals surface area contributed by atoms with Gasteiger partial charge in [-0.3, -0.25) is 0 Å². The van der Waals surface area contributed by atoms with E-state index in [0.29, 0.717) is 6.10 Å². The van der Waals surface area contributed by atoms with E-state index in [1.807, 2.05) is 0 Å². The highest BCUT2D eigenvalue weighted by Gasteiger charge is 2.37. The highest BCUT2D eigenvalue weighted by atomic mass is 16.5. The van der Waals surface area contributed by atoms with Gasteiger partial charge in [-0.15, -0.1) is 6.58 Å². The first-order valence-corrected chi connectivity index (χ1v) is 9.12. The number of hydrogen-bond acceptors (Lipinski definition) is 1. The molecular formula is C19H32O. The monoisotopic (exact) mass is 276 g/mol. The first kappa shape index (κ1) is 14.6. The van der Waals surface area contributed by atoms with Crippen LogP contribution in [0.3, 0.4) is 0 Å². The smallest absolute Gasteiger partial charge is 0.0609 e. The average Bonchev–Trinajstić information content (AvgIpc) is 2.56. The Morgan fingerprint density at radius 1 is 0.800 bits per heavy atom. The standard InChI is InChI=1S/C19H32O/c1-2-15-13-19(17-11-7-4-8-12-17)20-14-18(15)16-9-5-3-6-10-16/h2,15-19H,1,3-14H2. The Morgan fingerprint density at radius 3 is 2.00 bits per heavy atom. The highest BCUT2D eigenvalue weighted by Crippen LogP contribution is 2.42. The van der Waals surface area contributed by atoms with Crippen LogP contribution in [0.15, 0.2) is 12.7 Å². The Labute approximate surface area is 125 Å². The lowest BCUT2D eigenvalue weighted by Crippen LogP contribution is -2.41. The van der Waals surface area contributed by atoms with Crippen LogP contribution >= 0.6 is 0 Å². The molecule has 0 N–H and O–H groups in total. The molecule has 3 fully saturated rings. The molecule has 0 aromatic carbocycles. The van der Waals surface area contributed by atoms with Crippen molar-refractivity contribution >= 4 is 0 Å². The third-order valence-electron chi connectivity index (χ3n) is 6.29. The van der Waals surface area contributed by atoms with Crippen LogP contribution in [0.1, 0.15) is 70.6 Å². The number of allylic oxidation sites excluding steroid dienone is 1. The molecule has 0 spiro atoms. The van der Waals surface area contributed by atoms with Gasteiger partial charge in [0, 0.05) is 0 Å². The van der Waals surface area contributed by atoms with E-state index in [-0.39, 0.29) is 0 Å². The minimum atomic E-state index is 0.540. The summed E-state index contributed by atoms with van der Waals surface area (Å²) in [7, 11) is 0. The summed E-state index contributed by atoms with van der Waals surface area (Å²) in [5, 5.41) is 0. The first-order valence-electron chi connectivity index (χ1n) is 9.12. The van der Waals surface area contributed by atoms with Gasteiger partial charge in [0.1, 0.15) is 0 Å². The summed E-state index contributed by atoms with van der Waals surface area (Å²) >= 11 is 0. The van der Waals surface area contributed by atoms with E-state index in [1.54, 1.807) is 0 Å². The zero-order valence-corrected chi connectivity index (χ0v) is 13.1. The van der Waals surface area contributed by atoms with Crippen molar-refractivity contribution in [1.82, 2.24) is 0 Å². The van der Waals surface area contributed by atoms with Gasteiger partial charge < -0.3 is 4.74 Å². The van der Waals surface area contributed by atoms with Gasteiger partial charge >= 0.3 is 0 Å². The SMILES string of the molecule is C=CC1CC(C2CCCCC2)OCC1C1CCCCC1. The predicted octanol–water partition coefficient (Wildman–Crippen LogP) is 5.35. The second-order valence-electron chi connectivity index (χ2n) is 7.47.